The number of nitro groups is 1. The lowest BCUT2D eigenvalue weighted by Crippen LogP contribution is -2.39. The molecule has 0 aliphatic carbocycles. The lowest BCUT2D eigenvalue weighted by Gasteiger charge is -2.34. The fourth-order valence-corrected chi connectivity index (χ4v) is 3.13. The predicted molar refractivity (Wildman–Crippen MR) is 86.9 cm³/mol. The zero-order chi connectivity index (χ0) is 19.1. The van der Waals surface area contributed by atoms with Crippen molar-refractivity contribution in [1.29, 1.82) is 0 Å². The predicted octanol–water partition coefficient (Wildman–Crippen LogP) is 3.23. The molecule has 1 aromatic heterocycles. The van der Waals surface area contributed by atoms with E-state index in [4.69, 9.17) is 4.74 Å². The maximum atomic E-state index is 12.7. The van der Waals surface area contributed by atoms with E-state index in [-0.39, 0.29) is 12.2 Å². The maximum Gasteiger partial charge on any atom is 0.416 e. The monoisotopic (exact) mass is 370 g/mol. The van der Waals surface area contributed by atoms with Gasteiger partial charge in [0.25, 0.3) is 0 Å². The Morgan fingerprint density at radius 1 is 1.31 bits per heavy atom. The number of morpholine rings is 1. The first-order valence-corrected chi connectivity index (χ1v) is 7.90. The number of anilines is 1. The minimum absolute atomic E-state index is 0.0689. The summed E-state index contributed by atoms with van der Waals surface area (Å²) < 4.78 is 45.2. The van der Waals surface area contributed by atoms with Crippen molar-refractivity contribution in [3.63, 3.8) is 0 Å². The van der Waals surface area contributed by atoms with E-state index >= 15 is 0 Å². The van der Waals surface area contributed by atoms with Crippen LogP contribution in [0.1, 0.15) is 22.9 Å². The van der Waals surface area contributed by atoms with E-state index in [1.54, 1.807) is 18.9 Å². The summed E-state index contributed by atoms with van der Waals surface area (Å²) in [7, 11) is 1.62. The molecule has 3 rings (SSSR count). The maximum absolute atomic E-state index is 12.7. The molecule has 10 heteroatoms. The van der Waals surface area contributed by atoms with Crippen LogP contribution in [0.2, 0.25) is 0 Å². The largest absolute Gasteiger partial charge is 0.416 e. The minimum atomic E-state index is -4.40. The summed E-state index contributed by atoms with van der Waals surface area (Å²) in [5, 5.41) is 15.5. The Bertz CT molecular complexity index is 817. The Morgan fingerprint density at radius 2 is 1.96 bits per heavy atom. The van der Waals surface area contributed by atoms with Crippen LogP contribution in [0.3, 0.4) is 0 Å². The van der Waals surface area contributed by atoms with E-state index in [1.807, 2.05) is 0 Å². The molecule has 0 N–H and O–H groups in total. The van der Waals surface area contributed by atoms with Gasteiger partial charge in [0.1, 0.15) is 11.8 Å². The summed E-state index contributed by atoms with van der Waals surface area (Å²) in [6, 6.07) is 4.77. The molecule has 140 valence electrons. The number of benzene rings is 1. The van der Waals surface area contributed by atoms with Crippen LogP contribution in [-0.2, 0) is 18.0 Å². The number of aryl methyl sites for hydroxylation is 2. The molecule has 0 bridgehead atoms. The third-order valence-corrected chi connectivity index (χ3v) is 4.32. The molecule has 1 aliphatic rings. The molecule has 1 atom stereocenters. The van der Waals surface area contributed by atoms with E-state index in [1.165, 1.54) is 16.8 Å². The zero-order valence-corrected chi connectivity index (χ0v) is 14.2. The normalized spacial score (nSPS) is 18.2. The van der Waals surface area contributed by atoms with Crippen molar-refractivity contribution in [2.75, 3.05) is 24.6 Å². The summed E-state index contributed by atoms with van der Waals surface area (Å²) >= 11 is 0. The van der Waals surface area contributed by atoms with Gasteiger partial charge >= 0.3 is 11.9 Å². The molecule has 0 amide bonds. The lowest BCUT2D eigenvalue weighted by atomic mass is 10.1. The van der Waals surface area contributed by atoms with Crippen molar-refractivity contribution >= 4 is 11.5 Å². The Hall–Kier alpha value is -2.62. The fourth-order valence-electron chi connectivity index (χ4n) is 3.13. The molecule has 0 radical (unpaired) electrons. The van der Waals surface area contributed by atoms with Crippen LogP contribution in [0.15, 0.2) is 24.3 Å². The van der Waals surface area contributed by atoms with Gasteiger partial charge in [-0.15, -0.1) is 0 Å². The van der Waals surface area contributed by atoms with Crippen LogP contribution in [-0.4, -0.2) is 34.4 Å². The van der Waals surface area contributed by atoms with Gasteiger partial charge in [-0.05, 0) is 24.6 Å². The second-order valence-electron chi connectivity index (χ2n) is 6.06. The molecular formula is C16H17F3N4O3. The summed E-state index contributed by atoms with van der Waals surface area (Å²) in [6.45, 7) is 2.57. The van der Waals surface area contributed by atoms with Crippen molar-refractivity contribution in [1.82, 2.24) is 9.78 Å². The zero-order valence-electron chi connectivity index (χ0n) is 14.2. The first-order chi connectivity index (χ1) is 12.2. The van der Waals surface area contributed by atoms with E-state index in [0.29, 0.717) is 30.2 Å². The molecule has 0 saturated carbocycles. The standard InChI is InChI=1S/C16H17F3N4O3/c1-10-14(23(24)25)15(21(2)20-10)22-7-8-26-13(9-22)11-3-5-12(6-4-11)16(17,18)19/h3-6,13H,7-9H2,1-2H3. The molecule has 1 saturated heterocycles. The SMILES string of the molecule is Cc1nn(C)c(N2CCOC(c3ccc(C(F)(F)F)cc3)C2)c1[N+](=O)[O-]. The van der Waals surface area contributed by atoms with Crippen LogP contribution in [0.4, 0.5) is 24.7 Å². The minimum Gasteiger partial charge on any atom is -0.370 e. The van der Waals surface area contributed by atoms with E-state index in [9.17, 15) is 23.3 Å². The number of nitrogens with zero attached hydrogens (tertiary/aromatic N) is 4. The van der Waals surface area contributed by atoms with Gasteiger partial charge in [0.15, 0.2) is 0 Å². The Labute approximate surface area is 147 Å². The van der Waals surface area contributed by atoms with Crippen LogP contribution in [0.5, 0.6) is 0 Å². The average Bonchev–Trinajstić information content (AvgIpc) is 2.88. The molecule has 1 aliphatic heterocycles. The molecule has 1 unspecified atom stereocenters. The molecule has 0 spiro atoms. The van der Waals surface area contributed by atoms with Gasteiger partial charge in [-0.25, -0.2) is 4.68 Å². The summed E-state index contributed by atoms with van der Waals surface area (Å²) in [5.74, 6) is 0.368. The molecule has 1 fully saturated rings. The number of halogens is 3. The number of ether oxygens (including phenoxy) is 1. The van der Waals surface area contributed by atoms with Crippen molar-refractivity contribution in [2.24, 2.45) is 7.05 Å². The number of hydrogen-bond donors (Lipinski definition) is 0. The average molecular weight is 370 g/mol. The van der Waals surface area contributed by atoms with E-state index in [2.05, 4.69) is 5.10 Å². The quantitative estimate of drug-likeness (QED) is 0.613. The highest BCUT2D eigenvalue weighted by Gasteiger charge is 2.33. The summed E-state index contributed by atoms with van der Waals surface area (Å²) in [5.41, 5.74) is 0.0988. The van der Waals surface area contributed by atoms with Gasteiger partial charge in [-0.2, -0.15) is 18.3 Å². The molecule has 26 heavy (non-hydrogen) atoms. The van der Waals surface area contributed by atoms with Gasteiger partial charge < -0.3 is 9.64 Å². The number of aromatic nitrogens is 2. The van der Waals surface area contributed by atoms with Crippen LogP contribution in [0, 0.1) is 17.0 Å². The second kappa shape index (κ2) is 6.60. The van der Waals surface area contributed by atoms with Crippen molar-refractivity contribution in [2.45, 2.75) is 19.2 Å². The van der Waals surface area contributed by atoms with Crippen LogP contribution < -0.4 is 4.90 Å². The van der Waals surface area contributed by atoms with Crippen molar-refractivity contribution in [3.8, 4) is 0 Å². The molecule has 1 aromatic carbocycles. The van der Waals surface area contributed by atoms with E-state index < -0.39 is 22.8 Å². The highest BCUT2D eigenvalue weighted by Crippen LogP contribution is 2.35. The number of hydrogen-bond acceptors (Lipinski definition) is 5. The highest BCUT2D eigenvalue weighted by atomic mass is 19.4. The van der Waals surface area contributed by atoms with Gasteiger partial charge in [0.2, 0.25) is 5.82 Å². The molecule has 2 heterocycles. The molecular weight excluding hydrogens is 353 g/mol. The van der Waals surface area contributed by atoms with Crippen LogP contribution >= 0.6 is 0 Å². The topological polar surface area (TPSA) is 73.4 Å². The Morgan fingerprint density at radius 3 is 2.54 bits per heavy atom. The van der Waals surface area contributed by atoms with Crippen molar-refractivity contribution < 1.29 is 22.8 Å². The fraction of sp³-hybridized carbons (Fsp3) is 0.438. The van der Waals surface area contributed by atoms with Gasteiger partial charge in [-0.1, -0.05) is 12.1 Å². The third-order valence-electron chi connectivity index (χ3n) is 4.32. The van der Waals surface area contributed by atoms with Crippen molar-refractivity contribution in [3.05, 3.63) is 51.2 Å². The second-order valence-corrected chi connectivity index (χ2v) is 6.06. The molecule has 7 nitrogen and oxygen atoms in total. The third kappa shape index (κ3) is 3.36. The number of alkyl halides is 3. The first-order valence-electron chi connectivity index (χ1n) is 7.90. The summed E-state index contributed by atoms with van der Waals surface area (Å²) in [4.78, 5) is 12.7. The lowest BCUT2D eigenvalue weighted by molar-refractivity contribution is -0.384. The first kappa shape index (κ1) is 18.2. The smallest absolute Gasteiger partial charge is 0.370 e. The van der Waals surface area contributed by atoms with Crippen LogP contribution in [0.25, 0.3) is 0 Å². The number of rotatable bonds is 3. The molecule has 2 aromatic rings. The van der Waals surface area contributed by atoms with Gasteiger partial charge in [0, 0.05) is 13.6 Å². The summed E-state index contributed by atoms with van der Waals surface area (Å²) in [6.07, 6.45) is -4.88. The van der Waals surface area contributed by atoms with Gasteiger partial charge in [-0.3, -0.25) is 10.1 Å². The Balaban J connectivity index is 1.86. The highest BCUT2D eigenvalue weighted by molar-refractivity contribution is 5.61. The van der Waals surface area contributed by atoms with E-state index in [0.717, 1.165) is 12.1 Å². The Kier molecular flexibility index (Phi) is 4.61. The van der Waals surface area contributed by atoms with Gasteiger partial charge in [0.05, 0.1) is 23.6 Å².